The molecule has 6 heteroatoms. The molecule has 0 aromatic heterocycles. The zero-order valence-corrected chi connectivity index (χ0v) is 16.7. The van der Waals surface area contributed by atoms with E-state index in [9.17, 15) is 9.59 Å². The number of amides is 2. The van der Waals surface area contributed by atoms with Crippen molar-refractivity contribution in [3.8, 4) is 11.5 Å². The molecular weight excluding hydrogens is 356 g/mol. The Kier molecular flexibility index (Phi) is 8.34. The van der Waals surface area contributed by atoms with E-state index < -0.39 is 11.8 Å². The Hall–Kier alpha value is -3.02. The van der Waals surface area contributed by atoms with Crippen molar-refractivity contribution in [2.24, 2.45) is 0 Å². The quantitative estimate of drug-likeness (QED) is 0.510. The van der Waals surface area contributed by atoms with Crippen molar-refractivity contribution in [1.29, 1.82) is 0 Å². The molecule has 150 valence electrons. The topological polar surface area (TPSA) is 76.7 Å². The largest absolute Gasteiger partial charge is 0.494 e. The van der Waals surface area contributed by atoms with E-state index in [0.717, 1.165) is 36.1 Å². The molecule has 2 aromatic rings. The number of carbonyl (C=O) groups excluding carboxylic acids is 2. The van der Waals surface area contributed by atoms with Gasteiger partial charge in [-0.3, -0.25) is 20.4 Å². The van der Waals surface area contributed by atoms with E-state index >= 15 is 0 Å². The first-order valence-electron chi connectivity index (χ1n) is 9.52. The third kappa shape index (κ3) is 6.61. The zero-order chi connectivity index (χ0) is 20.4. The van der Waals surface area contributed by atoms with Gasteiger partial charge in [0.15, 0.2) is 6.61 Å². The molecule has 0 saturated heterocycles. The average molecular weight is 384 g/mol. The molecule has 0 saturated carbocycles. The lowest BCUT2D eigenvalue weighted by atomic mass is 10.1. The molecule has 0 bridgehead atoms. The summed E-state index contributed by atoms with van der Waals surface area (Å²) in [6.45, 7) is 6.45. The van der Waals surface area contributed by atoms with Gasteiger partial charge < -0.3 is 9.47 Å². The van der Waals surface area contributed by atoms with E-state index in [2.05, 4.69) is 17.8 Å². The van der Waals surface area contributed by atoms with Gasteiger partial charge in [0.25, 0.3) is 11.8 Å². The smallest absolute Gasteiger partial charge is 0.276 e. The van der Waals surface area contributed by atoms with Gasteiger partial charge >= 0.3 is 0 Å². The Morgan fingerprint density at radius 1 is 0.893 bits per heavy atom. The molecule has 0 aliphatic heterocycles. The van der Waals surface area contributed by atoms with E-state index in [1.165, 1.54) is 0 Å². The third-order valence-electron chi connectivity index (χ3n) is 4.20. The molecule has 0 aliphatic carbocycles. The minimum absolute atomic E-state index is 0.184. The van der Waals surface area contributed by atoms with Crippen LogP contribution in [-0.2, 0) is 4.79 Å². The first kappa shape index (κ1) is 21.3. The van der Waals surface area contributed by atoms with Gasteiger partial charge in [-0.15, -0.1) is 0 Å². The summed E-state index contributed by atoms with van der Waals surface area (Å²) in [5.74, 6) is 0.557. The van der Waals surface area contributed by atoms with Gasteiger partial charge in [-0.1, -0.05) is 38.0 Å². The molecule has 2 amide bonds. The molecule has 0 atom stereocenters. The minimum Gasteiger partial charge on any atom is -0.494 e. The van der Waals surface area contributed by atoms with E-state index in [4.69, 9.17) is 9.47 Å². The third-order valence-corrected chi connectivity index (χ3v) is 4.20. The van der Waals surface area contributed by atoms with Crippen LogP contribution in [0.5, 0.6) is 11.5 Å². The van der Waals surface area contributed by atoms with Crippen LogP contribution in [0.3, 0.4) is 0 Å². The highest BCUT2D eigenvalue weighted by molar-refractivity contribution is 5.95. The van der Waals surface area contributed by atoms with Crippen molar-refractivity contribution in [3.63, 3.8) is 0 Å². The highest BCUT2D eigenvalue weighted by Crippen LogP contribution is 2.22. The van der Waals surface area contributed by atoms with Gasteiger partial charge in [-0.05, 0) is 55.7 Å². The summed E-state index contributed by atoms with van der Waals surface area (Å²) in [5.41, 5.74) is 7.08. The first-order chi connectivity index (χ1) is 13.5. The maximum Gasteiger partial charge on any atom is 0.276 e. The van der Waals surface area contributed by atoms with Crippen LogP contribution in [0.2, 0.25) is 0 Å². The number of aryl methyl sites for hydroxylation is 2. The lowest BCUT2D eigenvalue weighted by Crippen LogP contribution is -2.43. The van der Waals surface area contributed by atoms with Crippen molar-refractivity contribution in [1.82, 2.24) is 10.9 Å². The molecule has 0 unspecified atom stereocenters. The van der Waals surface area contributed by atoms with Gasteiger partial charge in [-0.2, -0.15) is 0 Å². The standard InChI is InChI=1S/C22H28N2O4/c1-4-5-6-14-27-19-12-10-18(11-13-19)22(26)24-23-20(25)15-28-21-16(2)8-7-9-17(21)3/h7-13H,4-6,14-15H2,1-3H3,(H,23,25)(H,24,26). The Morgan fingerprint density at radius 2 is 1.57 bits per heavy atom. The summed E-state index contributed by atoms with van der Waals surface area (Å²) < 4.78 is 11.2. The molecule has 2 aromatic carbocycles. The van der Waals surface area contributed by atoms with Crippen molar-refractivity contribution in [3.05, 3.63) is 59.2 Å². The van der Waals surface area contributed by atoms with Gasteiger partial charge in [0.2, 0.25) is 0 Å². The Bertz CT molecular complexity index is 767. The number of rotatable bonds is 9. The second-order valence-electron chi connectivity index (χ2n) is 6.59. The van der Waals surface area contributed by atoms with Crippen LogP contribution in [0.15, 0.2) is 42.5 Å². The fourth-order valence-corrected chi connectivity index (χ4v) is 2.64. The highest BCUT2D eigenvalue weighted by Gasteiger charge is 2.10. The summed E-state index contributed by atoms with van der Waals surface area (Å²) in [5, 5.41) is 0. The summed E-state index contributed by atoms with van der Waals surface area (Å²) in [6, 6.07) is 12.6. The fourth-order valence-electron chi connectivity index (χ4n) is 2.64. The number of unbranched alkanes of at least 4 members (excludes halogenated alkanes) is 2. The van der Waals surface area contributed by atoms with Crippen molar-refractivity contribution in [2.45, 2.75) is 40.0 Å². The van der Waals surface area contributed by atoms with Gasteiger partial charge in [0, 0.05) is 5.56 Å². The van der Waals surface area contributed by atoms with Crippen molar-refractivity contribution < 1.29 is 19.1 Å². The van der Waals surface area contributed by atoms with Crippen LogP contribution >= 0.6 is 0 Å². The van der Waals surface area contributed by atoms with E-state index in [0.29, 0.717) is 17.9 Å². The van der Waals surface area contributed by atoms with Gasteiger partial charge in [0.05, 0.1) is 6.61 Å². The predicted molar refractivity (Wildman–Crippen MR) is 108 cm³/mol. The molecule has 0 heterocycles. The Morgan fingerprint density at radius 3 is 2.21 bits per heavy atom. The van der Waals surface area contributed by atoms with Crippen LogP contribution in [0.4, 0.5) is 0 Å². The molecule has 0 fully saturated rings. The lowest BCUT2D eigenvalue weighted by molar-refractivity contribution is -0.123. The van der Waals surface area contributed by atoms with Crippen LogP contribution in [0, 0.1) is 13.8 Å². The summed E-state index contributed by atoms with van der Waals surface area (Å²) in [4.78, 5) is 24.1. The van der Waals surface area contributed by atoms with E-state index in [-0.39, 0.29) is 6.61 Å². The average Bonchev–Trinajstić information content (AvgIpc) is 2.69. The number of para-hydroxylation sites is 1. The Labute approximate surface area is 166 Å². The van der Waals surface area contributed by atoms with Crippen molar-refractivity contribution >= 4 is 11.8 Å². The van der Waals surface area contributed by atoms with E-state index in [1.807, 2.05) is 32.0 Å². The molecule has 28 heavy (non-hydrogen) atoms. The Balaban J connectivity index is 1.76. The first-order valence-corrected chi connectivity index (χ1v) is 9.52. The predicted octanol–water partition coefficient (Wildman–Crippen LogP) is 3.71. The number of hydrogen-bond donors (Lipinski definition) is 2. The van der Waals surface area contributed by atoms with Crippen LogP contribution < -0.4 is 20.3 Å². The summed E-state index contributed by atoms with van der Waals surface area (Å²) in [7, 11) is 0. The molecule has 0 aliphatic rings. The maximum atomic E-state index is 12.1. The molecular formula is C22H28N2O4. The molecule has 0 radical (unpaired) electrons. The molecule has 2 N–H and O–H groups in total. The van der Waals surface area contributed by atoms with Crippen LogP contribution in [-0.4, -0.2) is 25.0 Å². The minimum atomic E-state index is -0.438. The SMILES string of the molecule is CCCCCOc1ccc(C(=O)NNC(=O)COc2c(C)cccc2C)cc1. The molecule has 0 spiro atoms. The van der Waals surface area contributed by atoms with Gasteiger partial charge in [0.1, 0.15) is 11.5 Å². The van der Waals surface area contributed by atoms with Crippen LogP contribution in [0.1, 0.15) is 47.7 Å². The van der Waals surface area contributed by atoms with Gasteiger partial charge in [-0.25, -0.2) is 0 Å². The second-order valence-corrected chi connectivity index (χ2v) is 6.59. The number of hydrogen-bond acceptors (Lipinski definition) is 4. The van der Waals surface area contributed by atoms with Crippen LogP contribution in [0.25, 0.3) is 0 Å². The number of ether oxygens (including phenoxy) is 2. The normalized spacial score (nSPS) is 10.2. The maximum absolute atomic E-state index is 12.1. The summed E-state index contributed by atoms with van der Waals surface area (Å²) >= 11 is 0. The second kappa shape index (κ2) is 11.0. The lowest BCUT2D eigenvalue weighted by Gasteiger charge is -2.12. The molecule has 2 rings (SSSR count). The number of hydrazine groups is 1. The number of carbonyl (C=O) groups is 2. The van der Waals surface area contributed by atoms with Crippen molar-refractivity contribution in [2.75, 3.05) is 13.2 Å². The molecule has 6 nitrogen and oxygen atoms in total. The summed E-state index contributed by atoms with van der Waals surface area (Å²) in [6.07, 6.45) is 3.28. The number of nitrogens with one attached hydrogen (secondary N) is 2. The fraction of sp³-hybridized carbons (Fsp3) is 0.364. The zero-order valence-electron chi connectivity index (χ0n) is 16.7. The monoisotopic (exact) mass is 384 g/mol. The van der Waals surface area contributed by atoms with E-state index in [1.54, 1.807) is 24.3 Å². The highest BCUT2D eigenvalue weighted by atomic mass is 16.5. The number of benzene rings is 2.